The minimum Gasteiger partial charge on any atom is -0.393 e. The van der Waals surface area contributed by atoms with Crippen LogP contribution in [-0.4, -0.2) is 28.9 Å². The second-order valence-corrected chi connectivity index (χ2v) is 6.36. The zero-order chi connectivity index (χ0) is 17.8. The minimum atomic E-state index is -0.415. The predicted molar refractivity (Wildman–Crippen MR) is 92.0 cm³/mol. The van der Waals surface area contributed by atoms with Gasteiger partial charge in [-0.3, -0.25) is 9.59 Å². The summed E-state index contributed by atoms with van der Waals surface area (Å²) in [5.74, 6) is -1.03. The fourth-order valence-electron chi connectivity index (χ4n) is 3.12. The second kappa shape index (κ2) is 7.57. The Balaban J connectivity index is 1.79. The molecule has 0 aliphatic heterocycles. The van der Waals surface area contributed by atoms with Gasteiger partial charge in [0, 0.05) is 17.2 Å². The number of rotatable bonds is 4. The van der Waals surface area contributed by atoms with Crippen molar-refractivity contribution in [1.29, 1.82) is 0 Å². The monoisotopic (exact) mass is 341 g/mol. The summed E-state index contributed by atoms with van der Waals surface area (Å²) in [6.45, 7) is 0. The molecule has 0 spiro atoms. The van der Waals surface area contributed by atoms with Crippen LogP contribution >= 0.6 is 0 Å². The number of hydrogen-bond donors (Lipinski definition) is 2. The highest BCUT2D eigenvalue weighted by Gasteiger charge is 2.23. The highest BCUT2D eigenvalue weighted by molar-refractivity contribution is 6.15. The minimum absolute atomic E-state index is 0.00452. The Kier molecular flexibility index (Phi) is 5.24. The van der Waals surface area contributed by atoms with E-state index in [4.69, 9.17) is 0 Å². The van der Waals surface area contributed by atoms with E-state index in [0.717, 1.165) is 12.8 Å². The van der Waals surface area contributed by atoms with Gasteiger partial charge in [0.15, 0.2) is 5.78 Å². The van der Waals surface area contributed by atoms with Crippen LogP contribution in [0.3, 0.4) is 0 Å². The Bertz CT molecular complexity index is 765. The Morgan fingerprint density at radius 1 is 0.920 bits per heavy atom. The van der Waals surface area contributed by atoms with E-state index in [1.54, 1.807) is 24.3 Å². The smallest absolute Gasteiger partial charge is 0.252 e. The third-order valence-corrected chi connectivity index (χ3v) is 4.55. The van der Waals surface area contributed by atoms with Crippen LogP contribution in [-0.2, 0) is 0 Å². The summed E-state index contributed by atoms with van der Waals surface area (Å²) in [5.41, 5.74) is 0.938. The first-order chi connectivity index (χ1) is 12.0. The summed E-state index contributed by atoms with van der Waals surface area (Å²) in [7, 11) is 0. The molecule has 0 radical (unpaired) electrons. The number of hydrogen-bond acceptors (Lipinski definition) is 3. The second-order valence-electron chi connectivity index (χ2n) is 6.36. The lowest BCUT2D eigenvalue weighted by Gasteiger charge is -2.26. The van der Waals surface area contributed by atoms with Crippen molar-refractivity contribution in [3.63, 3.8) is 0 Å². The van der Waals surface area contributed by atoms with E-state index in [0.29, 0.717) is 29.5 Å². The van der Waals surface area contributed by atoms with Crippen molar-refractivity contribution in [3.8, 4) is 0 Å². The molecule has 2 aromatic carbocycles. The van der Waals surface area contributed by atoms with Crippen molar-refractivity contribution in [1.82, 2.24) is 5.32 Å². The summed E-state index contributed by atoms with van der Waals surface area (Å²) in [4.78, 5) is 25.3. The molecule has 1 amide bonds. The lowest BCUT2D eigenvalue weighted by Crippen LogP contribution is -2.39. The zero-order valence-corrected chi connectivity index (χ0v) is 13.7. The van der Waals surface area contributed by atoms with E-state index >= 15 is 0 Å². The van der Waals surface area contributed by atoms with Gasteiger partial charge < -0.3 is 10.4 Å². The van der Waals surface area contributed by atoms with Gasteiger partial charge in [-0.15, -0.1) is 0 Å². The van der Waals surface area contributed by atoms with Gasteiger partial charge in [-0.1, -0.05) is 18.2 Å². The van der Waals surface area contributed by atoms with Crippen molar-refractivity contribution >= 4 is 11.7 Å². The van der Waals surface area contributed by atoms with Gasteiger partial charge in [-0.2, -0.15) is 0 Å². The van der Waals surface area contributed by atoms with E-state index in [1.165, 1.54) is 24.3 Å². The van der Waals surface area contributed by atoms with E-state index in [2.05, 4.69) is 5.32 Å². The first kappa shape index (κ1) is 17.3. The number of amides is 1. The number of nitrogens with one attached hydrogen (secondary N) is 1. The maximum absolute atomic E-state index is 13.1. The molecule has 0 atom stereocenters. The number of halogens is 1. The van der Waals surface area contributed by atoms with Gasteiger partial charge in [0.25, 0.3) is 5.91 Å². The molecule has 0 unspecified atom stereocenters. The number of carbonyl (C=O) groups excluding carboxylic acids is 2. The molecule has 0 heterocycles. The summed E-state index contributed by atoms with van der Waals surface area (Å²) in [6, 6.07) is 11.9. The highest BCUT2D eigenvalue weighted by Crippen LogP contribution is 2.20. The van der Waals surface area contributed by atoms with Crippen molar-refractivity contribution < 1.29 is 19.1 Å². The number of ketones is 1. The summed E-state index contributed by atoms with van der Waals surface area (Å²) in [6.07, 6.45) is 2.49. The Labute approximate surface area is 145 Å². The van der Waals surface area contributed by atoms with Crippen molar-refractivity contribution in [3.05, 3.63) is 71.0 Å². The summed E-state index contributed by atoms with van der Waals surface area (Å²) < 4.78 is 13.1. The quantitative estimate of drug-likeness (QED) is 0.840. The molecule has 1 fully saturated rings. The third-order valence-electron chi connectivity index (χ3n) is 4.55. The maximum Gasteiger partial charge on any atom is 0.252 e. The summed E-state index contributed by atoms with van der Waals surface area (Å²) in [5, 5.41) is 12.5. The average molecular weight is 341 g/mol. The molecule has 130 valence electrons. The molecular formula is C20H20FNO3. The van der Waals surface area contributed by atoms with Gasteiger partial charge in [0.05, 0.1) is 11.7 Å². The van der Waals surface area contributed by atoms with Crippen LogP contribution in [0.2, 0.25) is 0 Å². The highest BCUT2D eigenvalue weighted by atomic mass is 19.1. The fourth-order valence-corrected chi connectivity index (χ4v) is 3.12. The topological polar surface area (TPSA) is 66.4 Å². The van der Waals surface area contributed by atoms with Crippen LogP contribution in [0.25, 0.3) is 0 Å². The standard InChI is InChI=1S/C20H20FNO3/c21-14-7-5-13(6-8-14)19(24)17-3-1-2-4-18(17)20(25)22-15-9-11-16(23)12-10-15/h1-8,15-16,23H,9-12H2,(H,22,25). The van der Waals surface area contributed by atoms with E-state index < -0.39 is 5.82 Å². The molecule has 0 bridgehead atoms. The molecule has 0 saturated heterocycles. The normalized spacial score (nSPS) is 20.1. The Hall–Kier alpha value is -2.53. The molecule has 1 aliphatic rings. The molecule has 5 heteroatoms. The Morgan fingerprint density at radius 2 is 1.52 bits per heavy atom. The van der Waals surface area contributed by atoms with Gasteiger partial charge in [0.1, 0.15) is 5.82 Å². The molecule has 1 saturated carbocycles. The van der Waals surface area contributed by atoms with Crippen LogP contribution in [0.15, 0.2) is 48.5 Å². The van der Waals surface area contributed by atoms with Crippen molar-refractivity contribution in [2.24, 2.45) is 0 Å². The molecule has 4 nitrogen and oxygen atoms in total. The molecule has 2 aromatic rings. The SMILES string of the molecule is O=C(NC1CCC(O)CC1)c1ccccc1C(=O)c1ccc(F)cc1. The first-order valence-electron chi connectivity index (χ1n) is 8.43. The van der Waals surface area contributed by atoms with Crippen molar-refractivity contribution in [2.75, 3.05) is 0 Å². The number of aliphatic hydroxyl groups is 1. The lowest BCUT2D eigenvalue weighted by molar-refractivity contribution is 0.0862. The molecule has 0 aromatic heterocycles. The lowest BCUT2D eigenvalue weighted by atomic mass is 9.92. The van der Waals surface area contributed by atoms with Gasteiger partial charge in [0.2, 0.25) is 0 Å². The number of benzene rings is 2. The largest absolute Gasteiger partial charge is 0.393 e. The van der Waals surface area contributed by atoms with Gasteiger partial charge in [-0.05, 0) is 56.0 Å². The Morgan fingerprint density at radius 3 is 2.16 bits per heavy atom. The number of carbonyl (C=O) groups is 2. The molecule has 3 rings (SSSR count). The maximum atomic E-state index is 13.1. The van der Waals surface area contributed by atoms with E-state index in [9.17, 15) is 19.1 Å². The van der Waals surface area contributed by atoms with E-state index in [-0.39, 0.29) is 23.8 Å². The first-order valence-corrected chi connectivity index (χ1v) is 8.43. The fraction of sp³-hybridized carbons (Fsp3) is 0.300. The third kappa shape index (κ3) is 4.12. The van der Waals surface area contributed by atoms with E-state index in [1.807, 2.05) is 0 Å². The van der Waals surface area contributed by atoms with Crippen LogP contribution in [0, 0.1) is 5.82 Å². The van der Waals surface area contributed by atoms with Gasteiger partial charge >= 0.3 is 0 Å². The number of aliphatic hydroxyl groups excluding tert-OH is 1. The molecule has 1 aliphatic carbocycles. The summed E-state index contributed by atoms with van der Waals surface area (Å²) >= 11 is 0. The zero-order valence-electron chi connectivity index (χ0n) is 13.7. The molecule has 25 heavy (non-hydrogen) atoms. The van der Waals surface area contributed by atoms with Crippen LogP contribution in [0.1, 0.15) is 52.0 Å². The molecule has 2 N–H and O–H groups in total. The van der Waals surface area contributed by atoms with Crippen LogP contribution in [0.5, 0.6) is 0 Å². The molecular weight excluding hydrogens is 321 g/mol. The van der Waals surface area contributed by atoms with Gasteiger partial charge in [-0.25, -0.2) is 4.39 Å². The van der Waals surface area contributed by atoms with Crippen LogP contribution in [0.4, 0.5) is 4.39 Å². The van der Waals surface area contributed by atoms with Crippen molar-refractivity contribution in [2.45, 2.75) is 37.8 Å². The predicted octanol–water partition coefficient (Wildman–Crippen LogP) is 3.09. The van der Waals surface area contributed by atoms with Crippen LogP contribution < -0.4 is 5.32 Å². The average Bonchev–Trinajstić information content (AvgIpc) is 2.63.